The number of para-hydroxylation sites is 2. The summed E-state index contributed by atoms with van der Waals surface area (Å²) in [5.74, 6) is 0. The predicted molar refractivity (Wildman–Crippen MR) is 97.8 cm³/mol. The van der Waals surface area contributed by atoms with Crippen LogP contribution in [0.5, 0.6) is 0 Å². The summed E-state index contributed by atoms with van der Waals surface area (Å²) in [6.45, 7) is 0.0517. The van der Waals surface area contributed by atoms with Gasteiger partial charge in [0.05, 0.1) is 24.2 Å². The summed E-state index contributed by atoms with van der Waals surface area (Å²) in [5.41, 5.74) is 7.77. The topological polar surface area (TPSA) is 98.5 Å². The summed E-state index contributed by atoms with van der Waals surface area (Å²) in [7, 11) is 0. The molecule has 0 spiro atoms. The molecule has 0 bridgehead atoms. The number of benzene rings is 2. The molecule has 3 rings (SSSR count). The Morgan fingerprint density at radius 3 is 2.12 bits per heavy atom. The van der Waals surface area contributed by atoms with E-state index in [2.05, 4.69) is 21.1 Å². The molecular formula is C18H20N4O3. The standard InChI is InChI=1S/C18H20N4O3/c23-16-12-25-18(17(16)24)15(22-21-14-9-5-2-6-10-14)11-19-20-13-7-3-1-4-8-13/h1-11,16-18,20-21,23-24H,12H2/b19-11+,22-15+/t16-,17-,18-/m1/s1. The zero-order chi connectivity index (χ0) is 17.5. The normalized spacial score (nSPS) is 23.8. The average Bonchev–Trinajstić information content (AvgIpc) is 2.99. The van der Waals surface area contributed by atoms with Gasteiger partial charge in [-0.2, -0.15) is 10.2 Å². The van der Waals surface area contributed by atoms with Gasteiger partial charge in [-0.15, -0.1) is 0 Å². The van der Waals surface area contributed by atoms with Crippen molar-refractivity contribution in [2.75, 3.05) is 17.5 Å². The molecule has 0 radical (unpaired) electrons. The lowest BCUT2D eigenvalue weighted by Gasteiger charge is -2.15. The molecule has 1 heterocycles. The Hall–Kier alpha value is -2.74. The van der Waals surface area contributed by atoms with E-state index in [1.54, 1.807) is 0 Å². The van der Waals surface area contributed by atoms with Gasteiger partial charge in [-0.3, -0.25) is 10.9 Å². The van der Waals surface area contributed by atoms with Crippen molar-refractivity contribution in [2.45, 2.75) is 18.3 Å². The first kappa shape index (κ1) is 17.1. The highest BCUT2D eigenvalue weighted by atomic mass is 16.5. The molecule has 2 aromatic rings. The molecule has 0 unspecified atom stereocenters. The van der Waals surface area contributed by atoms with E-state index >= 15 is 0 Å². The van der Waals surface area contributed by atoms with E-state index in [0.717, 1.165) is 11.4 Å². The second kappa shape index (κ2) is 8.39. The molecular weight excluding hydrogens is 320 g/mol. The zero-order valence-corrected chi connectivity index (χ0v) is 13.5. The second-order valence-corrected chi connectivity index (χ2v) is 5.56. The Labute approximate surface area is 145 Å². The number of nitrogens with one attached hydrogen (secondary N) is 2. The molecule has 130 valence electrons. The summed E-state index contributed by atoms with van der Waals surface area (Å²) in [4.78, 5) is 0. The number of aliphatic hydroxyl groups is 2. The fourth-order valence-corrected chi connectivity index (χ4v) is 2.35. The van der Waals surface area contributed by atoms with Crippen molar-refractivity contribution in [3.8, 4) is 0 Å². The number of hydrazone groups is 2. The third-order valence-electron chi connectivity index (χ3n) is 3.69. The lowest BCUT2D eigenvalue weighted by molar-refractivity contribution is 0.0476. The monoisotopic (exact) mass is 340 g/mol. The molecule has 1 aliphatic heterocycles. The average molecular weight is 340 g/mol. The van der Waals surface area contributed by atoms with Crippen LogP contribution in [0.15, 0.2) is 70.9 Å². The summed E-state index contributed by atoms with van der Waals surface area (Å²) in [6.07, 6.45) is -1.29. The van der Waals surface area contributed by atoms with Crippen LogP contribution in [0.1, 0.15) is 0 Å². The Morgan fingerprint density at radius 1 is 0.960 bits per heavy atom. The SMILES string of the molecule is O[C@@H]1[C@H](O)CO[C@@H]1C(/C=N/Nc1ccccc1)=N/Nc1ccccc1. The Bertz CT molecular complexity index is 722. The minimum atomic E-state index is -1.06. The molecule has 3 atom stereocenters. The van der Waals surface area contributed by atoms with Crippen LogP contribution >= 0.6 is 0 Å². The summed E-state index contributed by atoms with van der Waals surface area (Å²) >= 11 is 0. The van der Waals surface area contributed by atoms with Gasteiger partial charge in [0.15, 0.2) is 0 Å². The van der Waals surface area contributed by atoms with Crippen molar-refractivity contribution in [3.63, 3.8) is 0 Å². The molecule has 25 heavy (non-hydrogen) atoms. The van der Waals surface area contributed by atoms with Crippen LogP contribution < -0.4 is 10.9 Å². The van der Waals surface area contributed by atoms with Crippen LogP contribution in [0.4, 0.5) is 11.4 Å². The molecule has 0 aromatic heterocycles. The molecule has 1 saturated heterocycles. The Balaban J connectivity index is 1.74. The van der Waals surface area contributed by atoms with E-state index < -0.39 is 18.3 Å². The number of ether oxygens (including phenoxy) is 1. The van der Waals surface area contributed by atoms with Crippen LogP contribution in [0, 0.1) is 0 Å². The van der Waals surface area contributed by atoms with Gasteiger partial charge in [-0.05, 0) is 24.3 Å². The molecule has 1 aliphatic rings. The fourth-order valence-electron chi connectivity index (χ4n) is 2.35. The van der Waals surface area contributed by atoms with E-state index in [1.165, 1.54) is 6.21 Å². The van der Waals surface area contributed by atoms with Gasteiger partial charge in [0.2, 0.25) is 0 Å². The van der Waals surface area contributed by atoms with E-state index in [1.807, 2.05) is 60.7 Å². The van der Waals surface area contributed by atoms with E-state index in [0.29, 0.717) is 5.71 Å². The first-order valence-corrected chi connectivity index (χ1v) is 7.94. The first-order chi connectivity index (χ1) is 12.2. The number of rotatable bonds is 6. The third-order valence-corrected chi connectivity index (χ3v) is 3.69. The maximum Gasteiger partial charge on any atom is 0.131 e. The van der Waals surface area contributed by atoms with Gasteiger partial charge in [0, 0.05) is 0 Å². The second-order valence-electron chi connectivity index (χ2n) is 5.56. The van der Waals surface area contributed by atoms with Crippen molar-refractivity contribution in [3.05, 3.63) is 60.7 Å². The maximum absolute atomic E-state index is 10.1. The number of aliphatic hydroxyl groups excluding tert-OH is 2. The minimum absolute atomic E-state index is 0.0517. The third kappa shape index (κ3) is 4.63. The van der Waals surface area contributed by atoms with Crippen LogP contribution in [-0.2, 0) is 4.74 Å². The van der Waals surface area contributed by atoms with Crippen molar-refractivity contribution in [1.82, 2.24) is 0 Å². The molecule has 0 saturated carbocycles. The van der Waals surface area contributed by atoms with Crippen molar-refractivity contribution in [1.29, 1.82) is 0 Å². The van der Waals surface area contributed by atoms with Crippen molar-refractivity contribution < 1.29 is 14.9 Å². The van der Waals surface area contributed by atoms with E-state index in [9.17, 15) is 10.2 Å². The molecule has 1 fully saturated rings. The van der Waals surface area contributed by atoms with E-state index in [-0.39, 0.29) is 6.61 Å². The molecule has 7 heteroatoms. The minimum Gasteiger partial charge on any atom is -0.388 e. The van der Waals surface area contributed by atoms with Crippen LogP contribution in [0.2, 0.25) is 0 Å². The molecule has 4 N–H and O–H groups in total. The van der Waals surface area contributed by atoms with Crippen molar-refractivity contribution >= 4 is 23.3 Å². The first-order valence-electron chi connectivity index (χ1n) is 7.94. The maximum atomic E-state index is 10.1. The number of nitrogens with zero attached hydrogens (tertiary/aromatic N) is 2. The van der Waals surface area contributed by atoms with E-state index in [4.69, 9.17) is 4.74 Å². The zero-order valence-electron chi connectivity index (χ0n) is 13.5. The van der Waals surface area contributed by atoms with Gasteiger partial charge < -0.3 is 14.9 Å². The number of hydrogen-bond acceptors (Lipinski definition) is 7. The van der Waals surface area contributed by atoms with Crippen LogP contribution in [-0.4, -0.2) is 47.1 Å². The summed E-state index contributed by atoms with van der Waals surface area (Å²) < 4.78 is 5.44. The number of anilines is 2. The highest BCUT2D eigenvalue weighted by molar-refractivity contribution is 6.33. The Morgan fingerprint density at radius 2 is 1.56 bits per heavy atom. The van der Waals surface area contributed by atoms with Gasteiger partial charge in [-0.25, -0.2) is 0 Å². The largest absolute Gasteiger partial charge is 0.388 e. The number of hydrogen-bond donors (Lipinski definition) is 4. The van der Waals surface area contributed by atoms with Crippen LogP contribution in [0.3, 0.4) is 0 Å². The van der Waals surface area contributed by atoms with Gasteiger partial charge >= 0.3 is 0 Å². The molecule has 2 aromatic carbocycles. The van der Waals surface area contributed by atoms with Gasteiger partial charge in [0.25, 0.3) is 0 Å². The van der Waals surface area contributed by atoms with Crippen LogP contribution in [0.25, 0.3) is 0 Å². The van der Waals surface area contributed by atoms with Gasteiger partial charge in [0.1, 0.15) is 24.0 Å². The highest BCUT2D eigenvalue weighted by Gasteiger charge is 2.37. The smallest absolute Gasteiger partial charge is 0.131 e. The molecule has 0 amide bonds. The van der Waals surface area contributed by atoms with Gasteiger partial charge in [-0.1, -0.05) is 36.4 Å². The fraction of sp³-hybridized carbons (Fsp3) is 0.222. The predicted octanol–water partition coefficient (Wildman–Crippen LogP) is 1.67. The summed E-state index contributed by atoms with van der Waals surface area (Å²) in [5, 5.41) is 28.2. The quantitative estimate of drug-likeness (QED) is 0.474. The lowest BCUT2D eigenvalue weighted by atomic mass is 10.1. The molecule has 7 nitrogen and oxygen atoms in total. The highest BCUT2D eigenvalue weighted by Crippen LogP contribution is 2.16. The summed E-state index contributed by atoms with van der Waals surface area (Å²) in [6, 6.07) is 18.8. The molecule has 0 aliphatic carbocycles. The lowest BCUT2D eigenvalue weighted by Crippen LogP contribution is -2.37. The Kier molecular flexibility index (Phi) is 5.73. The van der Waals surface area contributed by atoms with Crippen molar-refractivity contribution in [2.24, 2.45) is 10.2 Å².